The molecule has 0 bridgehead atoms. The van der Waals surface area contributed by atoms with Gasteiger partial charge in [0.15, 0.2) is 11.6 Å². The molecule has 19 heavy (non-hydrogen) atoms. The van der Waals surface area contributed by atoms with Crippen molar-refractivity contribution in [2.24, 2.45) is 0 Å². The predicted molar refractivity (Wildman–Crippen MR) is 67.7 cm³/mol. The minimum absolute atomic E-state index is 0.174. The Balaban J connectivity index is 1.57. The fourth-order valence-corrected chi connectivity index (χ4v) is 2.18. The second-order valence-corrected chi connectivity index (χ2v) is 5.18. The van der Waals surface area contributed by atoms with Crippen molar-refractivity contribution < 1.29 is 14.0 Å². The molecule has 1 saturated carbocycles. The van der Waals surface area contributed by atoms with Crippen molar-refractivity contribution in [3.8, 4) is 0 Å². The number of amides is 2. The van der Waals surface area contributed by atoms with Crippen molar-refractivity contribution in [3.63, 3.8) is 0 Å². The first kappa shape index (κ1) is 11.9. The number of hydrogen-bond acceptors (Lipinski definition) is 5. The maximum atomic E-state index is 11.7. The molecule has 0 aromatic carbocycles. The van der Waals surface area contributed by atoms with E-state index in [4.69, 9.17) is 4.42 Å². The standard InChI is InChI=1S/C12H11N3O3S/c16-10(8-6-18-12(13-8)7-3-4-7)14-15-11(17)9-2-1-5-19-9/h1-2,5-7H,3-4H2,(H,14,16)(H,15,17). The number of carbonyl (C=O) groups excluding carboxylic acids is 2. The third kappa shape index (κ3) is 2.65. The number of carbonyl (C=O) groups is 2. The third-order valence-electron chi connectivity index (χ3n) is 2.72. The van der Waals surface area contributed by atoms with Gasteiger partial charge >= 0.3 is 0 Å². The molecule has 1 aliphatic carbocycles. The molecule has 2 aromatic heterocycles. The van der Waals surface area contributed by atoms with Crippen LogP contribution in [0.1, 0.15) is 44.8 Å². The minimum atomic E-state index is -0.486. The van der Waals surface area contributed by atoms with Gasteiger partial charge < -0.3 is 4.42 Å². The number of hydrogen-bond donors (Lipinski definition) is 2. The molecular weight excluding hydrogens is 266 g/mol. The van der Waals surface area contributed by atoms with Crippen molar-refractivity contribution in [1.82, 2.24) is 15.8 Å². The topological polar surface area (TPSA) is 84.2 Å². The van der Waals surface area contributed by atoms with Crippen LogP contribution in [-0.4, -0.2) is 16.8 Å². The van der Waals surface area contributed by atoms with Gasteiger partial charge in [0.05, 0.1) is 4.88 Å². The van der Waals surface area contributed by atoms with E-state index in [0.29, 0.717) is 16.7 Å². The van der Waals surface area contributed by atoms with Gasteiger partial charge in [0.1, 0.15) is 6.26 Å². The molecule has 1 aliphatic rings. The van der Waals surface area contributed by atoms with Crippen LogP contribution in [-0.2, 0) is 0 Å². The highest BCUT2D eigenvalue weighted by Crippen LogP contribution is 2.39. The lowest BCUT2D eigenvalue weighted by Crippen LogP contribution is -2.41. The summed E-state index contributed by atoms with van der Waals surface area (Å²) >= 11 is 1.30. The molecule has 98 valence electrons. The number of nitrogens with zero attached hydrogens (tertiary/aromatic N) is 1. The molecule has 6 nitrogen and oxygen atoms in total. The summed E-state index contributed by atoms with van der Waals surface area (Å²) in [4.78, 5) is 27.9. The molecule has 0 radical (unpaired) electrons. The monoisotopic (exact) mass is 277 g/mol. The van der Waals surface area contributed by atoms with Crippen LogP contribution in [0, 0.1) is 0 Å². The first-order valence-electron chi connectivity index (χ1n) is 5.83. The van der Waals surface area contributed by atoms with Gasteiger partial charge in [0, 0.05) is 5.92 Å². The van der Waals surface area contributed by atoms with Crippen LogP contribution < -0.4 is 10.9 Å². The van der Waals surface area contributed by atoms with Crippen molar-refractivity contribution in [2.75, 3.05) is 0 Å². The van der Waals surface area contributed by atoms with E-state index in [2.05, 4.69) is 15.8 Å². The fourth-order valence-electron chi connectivity index (χ4n) is 1.56. The van der Waals surface area contributed by atoms with Gasteiger partial charge in [-0.25, -0.2) is 4.98 Å². The summed E-state index contributed by atoms with van der Waals surface area (Å²) in [5.41, 5.74) is 4.81. The van der Waals surface area contributed by atoms with Crippen LogP contribution >= 0.6 is 11.3 Å². The molecule has 0 unspecified atom stereocenters. The third-order valence-corrected chi connectivity index (χ3v) is 3.58. The van der Waals surface area contributed by atoms with E-state index in [1.165, 1.54) is 17.6 Å². The van der Waals surface area contributed by atoms with Gasteiger partial charge in [0.25, 0.3) is 11.8 Å². The Morgan fingerprint density at radius 1 is 1.32 bits per heavy atom. The lowest BCUT2D eigenvalue weighted by atomic mass is 10.4. The first-order valence-corrected chi connectivity index (χ1v) is 6.71. The van der Waals surface area contributed by atoms with E-state index < -0.39 is 5.91 Å². The highest BCUT2D eigenvalue weighted by Gasteiger charge is 2.29. The largest absolute Gasteiger partial charge is 0.448 e. The highest BCUT2D eigenvalue weighted by molar-refractivity contribution is 7.12. The highest BCUT2D eigenvalue weighted by atomic mass is 32.1. The van der Waals surface area contributed by atoms with E-state index in [1.807, 2.05) is 0 Å². The Labute approximate surface area is 112 Å². The van der Waals surface area contributed by atoms with Crippen LogP contribution in [0.4, 0.5) is 0 Å². The fraction of sp³-hybridized carbons (Fsp3) is 0.250. The number of nitrogens with one attached hydrogen (secondary N) is 2. The summed E-state index contributed by atoms with van der Waals surface area (Å²) in [5, 5.41) is 1.79. The van der Waals surface area contributed by atoms with Gasteiger partial charge in [-0.15, -0.1) is 11.3 Å². The number of hydrazine groups is 1. The smallest absolute Gasteiger partial charge is 0.291 e. The molecule has 0 atom stereocenters. The Kier molecular flexibility index (Phi) is 3.04. The van der Waals surface area contributed by atoms with Crippen molar-refractivity contribution in [3.05, 3.63) is 40.2 Å². The normalized spacial score (nSPS) is 14.1. The zero-order valence-electron chi connectivity index (χ0n) is 9.88. The molecule has 2 amide bonds. The van der Waals surface area contributed by atoms with E-state index in [0.717, 1.165) is 12.8 Å². The Bertz CT molecular complexity index is 602. The summed E-state index contributed by atoms with van der Waals surface area (Å²) in [6.45, 7) is 0. The van der Waals surface area contributed by atoms with E-state index in [1.54, 1.807) is 17.5 Å². The van der Waals surface area contributed by atoms with Crippen molar-refractivity contribution in [2.45, 2.75) is 18.8 Å². The maximum Gasteiger partial charge on any atom is 0.291 e. The predicted octanol–water partition coefficient (Wildman–Crippen LogP) is 1.69. The van der Waals surface area contributed by atoms with Gasteiger partial charge in [-0.1, -0.05) is 6.07 Å². The second kappa shape index (κ2) is 4.85. The lowest BCUT2D eigenvalue weighted by Gasteiger charge is -2.03. The zero-order chi connectivity index (χ0) is 13.2. The Morgan fingerprint density at radius 3 is 2.79 bits per heavy atom. The molecule has 0 saturated heterocycles. The second-order valence-electron chi connectivity index (χ2n) is 4.23. The number of oxazole rings is 1. The van der Waals surface area contributed by atoms with Gasteiger partial charge in [0.2, 0.25) is 0 Å². The molecule has 3 rings (SSSR count). The first-order chi connectivity index (χ1) is 9.24. The lowest BCUT2D eigenvalue weighted by molar-refractivity contribution is 0.0846. The Hall–Kier alpha value is -2.15. The number of rotatable bonds is 3. The zero-order valence-corrected chi connectivity index (χ0v) is 10.7. The number of aromatic nitrogens is 1. The summed E-state index contributed by atoms with van der Waals surface area (Å²) in [7, 11) is 0. The molecule has 0 spiro atoms. The van der Waals surface area contributed by atoms with Gasteiger partial charge in [-0.2, -0.15) is 0 Å². The average molecular weight is 277 g/mol. The molecule has 0 aliphatic heterocycles. The van der Waals surface area contributed by atoms with Gasteiger partial charge in [-0.3, -0.25) is 20.4 Å². The summed E-state index contributed by atoms with van der Waals surface area (Å²) in [6, 6.07) is 3.44. The van der Waals surface area contributed by atoms with Gasteiger partial charge in [-0.05, 0) is 24.3 Å². The molecule has 1 fully saturated rings. The van der Waals surface area contributed by atoms with E-state index >= 15 is 0 Å². The van der Waals surface area contributed by atoms with Crippen molar-refractivity contribution >= 4 is 23.2 Å². The Morgan fingerprint density at radius 2 is 2.11 bits per heavy atom. The molecule has 2 aromatic rings. The SMILES string of the molecule is O=C(NNC(=O)c1cccs1)c1coc(C2CC2)n1. The summed E-state index contributed by atoms with van der Waals surface area (Å²) in [6.07, 6.45) is 3.41. The quantitative estimate of drug-likeness (QED) is 0.836. The molecular formula is C12H11N3O3S. The van der Waals surface area contributed by atoms with E-state index in [-0.39, 0.29) is 11.6 Å². The van der Waals surface area contributed by atoms with Crippen LogP contribution in [0.15, 0.2) is 28.2 Å². The average Bonchev–Trinajstić information content (AvgIpc) is 2.96. The van der Waals surface area contributed by atoms with E-state index in [9.17, 15) is 9.59 Å². The van der Waals surface area contributed by atoms with Crippen molar-refractivity contribution in [1.29, 1.82) is 0 Å². The van der Waals surface area contributed by atoms with Crippen LogP contribution in [0.3, 0.4) is 0 Å². The minimum Gasteiger partial charge on any atom is -0.448 e. The van der Waals surface area contributed by atoms with Crippen LogP contribution in [0.5, 0.6) is 0 Å². The summed E-state index contributed by atoms with van der Waals surface area (Å²) in [5.74, 6) is 0.104. The molecule has 2 heterocycles. The molecule has 2 N–H and O–H groups in total. The van der Waals surface area contributed by atoms with Crippen LogP contribution in [0.2, 0.25) is 0 Å². The number of thiophene rings is 1. The summed E-state index contributed by atoms with van der Waals surface area (Å²) < 4.78 is 5.21. The maximum absolute atomic E-state index is 11.7. The van der Waals surface area contributed by atoms with Crippen LogP contribution in [0.25, 0.3) is 0 Å². The molecule has 7 heteroatoms.